The number of nitrogens with zero attached hydrogens (tertiary/aromatic N) is 2. The fraction of sp³-hybridized carbons (Fsp3) is 0.533. The van der Waals surface area contributed by atoms with E-state index >= 15 is 0 Å². The number of aryl methyl sites for hydroxylation is 1. The van der Waals surface area contributed by atoms with Gasteiger partial charge in [-0.3, -0.25) is 0 Å². The predicted molar refractivity (Wildman–Crippen MR) is 82.6 cm³/mol. The van der Waals surface area contributed by atoms with Gasteiger partial charge in [-0.1, -0.05) is 0 Å². The van der Waals surface area contributed by atoms with Crippen molar-refractivity contribution in [2.75, 3.05) is 39.0 Å². The lowest BCUT2D eigenvalue weighted by Crippen LogP contribution is -2.39. The Morgan fingerprint density at radius 1 is 1.32 bits per heavy atom. The van der Waals surface area contributed by atoms with E-state index in [4.69, 9.17) is 0 Å². The molecule has 2 amide bonds. The monoisotopic (exact) mass is 315 g/mol. The predicted octanol–water partition coefficient (Wildman–Crippen LogP) is 3.01. The van der Waals surface area contributed by atoms with Gasteiger partial charge in [-0.15, -0.1) is 0 Å². The van der Waals surface area contributed by atoms with E-state index in [-0.39, 0.29) is 11.8 Å². The van der Waals surface area contributed by atoms with E-state index in [1.807, 2.05) is 25.9 Å². The lowest BCUT2D eigenvalue weighted by Gasteiger charge is -2.23. The fourth-order valence-corrected chi connectivity index (χ4v) is 1.87. The van der Waals surface area contributed by atoms with Gasteiger partial charge in [-0.25, -0.2) is 4.79 Å². The molecule has 0 saturated carbocycles. The number of anilines is 1. The van der Waals surface area contributed by atoms with E-state index in [1.54, 1.807) is 17.9 Å². The van der Waals surface area contributed by atoms with Gasteiger partial charge in [0.2, 0.25) is 0 Å². The molecule has 1 rings (SSSR count). The average Bonchev–Trinajstić information content (AvgIpc) is 2.41. The van der Waals surface area contributed by atoms with Crippen LogP contribution in [0.1, 0.15) is 12.5 Å². The highest BCUT2D eigenvalue weighted by Gasteiger charge is 2.13. The first kappa shape index (κ1) is 18.2. The molecule has 0 aliphatic rings. The Bertz CT molecular complexity index is 496. The molecule has 5 nitrogen and oxygen atoms in total. The smallest absolute Gasteiger partial charge is 0.387 e. The summed E-state index contributed by atoms with van der Waals surface area (Å²) in [5.41, 5.74) is 1.24. The summed E-state index contributed by atoms with van der Waals surface area (Å²) in [5, 5.41) is 2.79. The Morgan fingerprint density at radius 3 is 2.50 bits per heavy atom. The lowest BCUT2D eigenvalue weighted by molar-refractivity contribution is -0.0498. The van der Waals surface area contributed by atoms with Crippen molar-refractivity contribution in [3.63, 3.8) is 0 Å². The molecule has 0 spiro atoms. The first-order chi connectivity index (χ1) is 10.3. The quantitative estimate of drug-likeness (QED) is 0.841. The number of nitrogens with one attached hydrogen (secondary N) is 1. The zero-order chi connectivity index (χ0) is 16.7. The van der Waals surface area contributed by atoms with E-state index in [2.05, 4.69) is 10.1 Å². The van der Waals surface area contributed by atoms with Gasteiger partial charge in [0.1, 0.15) is 5.75 Å². The largest absolute Gasteiger partial charge is 0.435 e. The maximum Gasteiger partial charge on any atom is 0.387 e. The highest BCUT2D eigenvalue weighted by molar-refractivity contribution is 5.90. The van der Waals surface area contributed by atoms with E-state index < -0.39 is 6.61 Å². The molecule has 0 atom stereocenters. The molecule has 0 heterocycles. The highest BCUT2D eigenvalue weighted by atomic mass is 19.3. The van der Waals surface area contributed by atoms with Crippen LogP contribution in [0.25, 0.3) is 0 Å². The third-order valence-corrected chi connectivity index (χ3v) is 3.15. The number of alkyl halides is 2. The number of hydrogen-bond acceptors (Lipinski definition) is 3. The summed E-state index contributed by atoms with van der Waals surface area (Å²) in [6.07, 6.45) is 0. The molecule has 7 heteroatoms. The number of halogens is 2. The molecule has 0 aromatic heterocycles. The van der Waals surface area contributed by atoms with Crippen molar-refractivity contribution in [3.05, 3.63) is 23.8 Å². The van der Waals surface area contributed by atoms with Crippen LogP contribution in [0.15, 0.2) is 18.2 Å². The summed E-state index contributed by atoms with van der Waals surface area (Å²) in [7, 11) is 3.88. The van der Waals surface area contributed by atoms with Crippen molar-refractivity contribution in [1.29, 1.82) is 0 Å². The van der Waals surface area contributed by atoms with Gasteiger partial charge < -0.3 is 19.9 Å². The molecule has 22 heavy (non-hydrogen) atoms. The molecule has 0 aliphatic heterocycles. The summed E-state index contributed by atoms with van der Waals surface area (Å²) < 4.78 is 28.7. The fourth-order valence-electron chi connectivity index (χ4n) is 1.87. The molecule has 0 aliphatic carbocycles. The molecule has 0 fully saturated rings. The SMILES string of the molecule is CCN(CCN(C)C)C(=O)Nc1ccc(OC(F)F)cc1C. The second kappa shape index (κ2) is 8.53. The lowest BCUT2D eigenvalue weighted by atomic mass is 10.2. The van der Waals surface area contributed by atoms with E-state index in [0.717, 1.165) is 6.54 Å². The van der Waals surface area contributed by atoms with Crippen molar-refractivity contribution in [1.82, 2.24) is 9.80 Å². The Balaban J connectivity index is 2.70. The van der Waals surface area contributed by atoms with Gasteiger partial charge in [-0.2, -0.15) is 8.78 Å². The van der Waals surface area contributed by atoms with Gasteiger partial charge >= 0.3 is 12.6 Å². The van der Waals surface area contributed by atoms with Crippen LogP contribution in [0.4, 0.5) is 19.3 Å². The molecular formula is C15H23F2N3O2. The first-order valence-corrected chi connectivity index (χ1v) is 7.09. The maximum atomic E-state index is 12.2. The molecule has 1 N–H and O–H groups in total. The molecule has 0 saturated heterocycles. The van der Waals surface area contributed by atoms with Gasteiger partial charge in [0.25, 0.3) is 0 Å². The Labute approximate surface area is 129 Å². The van der Waals surface area contributed by atoms with Crippen LogP contribution < -0.4 is 10.1 Å². The van der Waals surface area contributed by atoms with Gasteiger partial charge in [0.05, 0.1) is 0 Å². The second-order valence-electron chi connectivity index (χ2n) is 5.17. The van der Waals surface area contributed by atoms with Gasteiger partial charge in [0.15, 0.2) is 0 Å². The zero-order valence-electron chi connectivity index (χ0n) is 13.4. The zero-order valence-corrected chi connectivity index (χ0v) is 13.4. The second-order valence-corrected chi connectivity index (χ2v) is 5.17. The summed E-state index contributed by atoms with van der Waals surface area (Å²) in [6.45, 7) is 2.74. The number of ether oxygens (including phenoxy) is 1. The Morgan fingerprint density at radius 2 is 2.00 bits per heavy atom. The van der Waals surface area contributed by atoms with Crippen molar-refractivity contribution in [3.8, 4) is 5.75 Å². The van der Waals surface area contributed by atoms with Crippen molar-refractivity contribution in [2.24, 2.45) is 0 Å². The molecule has 1 aromatic rings. The first-order valence-electron chi connectivity index (χ1n) is 7.09. The minimum Gasteiger partial charge on any atom is -0.435 e. The normalized spacial score (nSPS) is 10.9. The highest BCUT2D eigenvalue weighted by Crippen LogP contribution is 2.23. The molecular weight excluding hydrogens is 292 g/mol. The molecule has 0 bridgehead atoms. The number of hydrogen-bond donors (Lipinski definition) is 1. The number of likely N-dealkylation sites (N-methyl/N-ethyl adjacent to an activating group) is 2. The summed E-state index contributed by atoms with van der Waals surface area (Å²) in [6, 6.07) is 4.23. The van der Waals surface area contributed by atoms with E-state index in [1.165, 1.54) is 12.1 Å². The number of rotatable bonds is 7. The Hall–Kier alpha value is -1.89. The topological polar surface area (TPSA) is 44.8 Å². The van der Waals surface area contributed by atoms with Crippen molar-refractivity contribution < 1.29 is 18.3 Å². The number of carbonyl (C=O) groups excluding carboxylic acids is 1. The summed E-state index contributed by atoms with van der Waals surface area (Å²) in [5.74, 6) is 0.0745. The van der Waals surface area contributed by atoms with Crippen LogP contribution in [0.5, 0.6) is 5.75 Å². The minimum absolute atomic E-state index is 0.0745. The molecule has 0 unspecified atom stereocenters. The summed E-state index contributed by atoms with van der Waals surface area (Å²) in [4.78, 5) is 15.9. The minimum atomic E-state index is -2.86. The standard InChI is InChI=1S/C15H23F2N3O2/c1-5-20(9-8-19(3)4)15(21)18-13-7-6-12(10-11(13)2)22-14(16)17/h6-7,10,14H,5,8-9H2,1-4H3,(H,18,21). The van der Waals surface area contributed by atoms with Crippen LogP contribution in [0.3, 0.4) is 0 Å². The third-order valence-electron chi connectivity index (χ3n) is 3.15. The summed E-state index contributed by atoms with van der Waals surface area (Å²) >= 11 is 0. The van der Waals surface area contributed by atoms with E-state index in [9.17, 15) is 13.6 Å². The molecule has 1 aromatic carbocycles. The Kier molecular flexibility index (Phi) is 7.04. The van der Waals surface area contributed by atoms with Crippen molar-refractivity contribution >= 4 is 11.7 Å². The molecule has 0 radical (unpaired) electrons. The van der Waals surface area contributed by atoms with Crippen LogP contribution in [0, 0.1) is 6.92 Å². The van der Waals surface area contributed by atoms with Crippen molar-refractivity contribution in [2.45, 2.75) is 20.5 Å². The maximum absolute atomic E-state index is 12.2. The van der Waals surface area contributed by atoms with Gasteiger partial charge in [-0.05, 0) is 51.7 Å². The average molecular weight is 315 g/mol. The third kappa shape index (κ3) is 5.85. The van der Waals surface area contributed by atoms with Crippen LogP contribution in [-0.4, -0.2) is 56.2 Å². The molecule has 124 valence electrons. The van der Waals surface area contributed by atoms with Crippen LogP contribution >= 0.6 is 0 Å². The number of urea groups is 1. The van der Waals surface area contributed by atoms with Crippen LogP contribution in [0.2, 0.25) is 0 Å². The number of benzene rings is 1. The number of carbonyl (C=O) groups is 1. The van der Waals surface area contributed by atoms with Crippen LogP contribution in [-0.2, 0) is 0 Å². The van der Waals surface area contributed by atoms with E-state index in [0.29, 0.717) is 24.3 Å². The van der Waals surface area contributed by atoms with Gasteiger partial charge in [0, 0.05) is 25.3 Å². The number of amides is 2.